The summed E-state index contributed by atoms with van der Waals surface area (Å²) in [5, 5.41) is 18.7. The van der Waals surface area contributed by atoms with Crippen LogP contribution in [-0.2, 0) is 4.74 Å². The van der Waals surface area contributed by atoms with Crippen molar-refractivity contribution in [1.29, 1.82) is 0 Å². The number of phenolic OH excluding ortho intramolecular Hbond substituents is 1. The topological polar surface area (TPSA) is 83.8 Å². The van der Waals surface area contributed by atoms with Gasteiger partial charge < -0.3 is 14.9 Å². The lowest BCUT2D eigenvalue weighted by molar-refractivity contribution is 0.0525. The third kappa shape index (κ3) is 3.79. The number of carboxylic acid groups (broad SMARTS) is 1. The van der Waals surface area contributed by atoms with Gasteiger partial charge in [-0.25, -0.2) is 9.59 Å². The van der Waals surface area contributed by atoms with Crippen molar-refractivity contribution in [2.45, 2.75) is 16.7 Å². The molecule has 0 unspecified atom stereocenters. The monoisotopic (exact) mass is 318 g/mol. The van der Waals surface area contributed by atoms with E-state index in [9.17, 15) is 14.7 Å². The largest absolute Gasteiger partial charge is 0.507 e. The van der Waals surface area contributed by atoms with Gasteiger partial charge in [0.2, 0.25) is 0 Å². The molecule has 2 N–H and O–H groups in total. The summed E-state index contributed by atoms with van der Waals surface area (Å²) in [5.74, 6) is -1.57. The number of aromatic carboxylic acids is 1. The first-order valence-corrected chi connectivity index (χ1v) is 7.34. The summed E-state index contributed by atoms with van der Waals surface area (Å²) in [5.41, 5.74) is 0.483. The molecule has 0 heterocycles. The lowest BCUT2D eigenvalue weighted by Crippen LogP contribution is -2.03. The SMILES string of the molecule is CCOC(=O)c1ccc(Sc2ccc(C(=O)O)cc2O)cc1. The molecule has 0 aliphatic heterocycles. The van der Waals surface area contributed by atoms with E-state index in [4.69, 9.17) is 9.84 Å². The second kappa shape index (κ2) is 7.00. The highest BCUT2D eigenvalue weighted by Gasteiger charge is 2.10. The molecule has 0 aromatic heterocycles. The number of esters is 1. The minimum atomic E-state index is -1.09. The van der Waals surface area contributed by atoms with Gasteiger partial charge in [-0.1, -0.05) is 11.8 Å². The van der Waals surface area contributed by atoms with Gasteiger partial charge in [0.1, 0.15) is 5.75 Å². The zero-order valence-corrected chi connectivity index (χ0v) is 12.6. The predicted octanol–water partition coefficient (Wildman–Crippen LogP) is 3.42. The molecule has 2 aromatic carbocycles. The zero-order valence-electron chi connectivity index (χ0n) is 11.8. The van der Waals surface area contributed by atoms with E-state index in [0.29, 0.717) is 17.1 Å². The van der Waals surface area contributed by atoms with Crippen molar-refractivity contribution in [3.05, 3.63) is 53.6 Å². The third-order valence-corrected chi connectivity index (χ3v) is 3.87. The van der Waals surface area contributed by atoms with Crippen LogP contribution in [0.1, 0.15) is 27.6 Å². The number of hydrogen-bond acceptors (Lipinski definition) is 5. The van der Waals surface area contributed by atoms with Gasteiger partial charge in [0.05, 0.1) is 22.6 Å². The van der Waals surface area contributed by atoms with Crippen LogP contribution < -0.4 is 0 Å². The lowest BCUT2D eigenvalue weighted by Gasteiger charge is -2.06. The Labute approximate surface area is 131 Å². The number of ether oxygens (including phenoxy) is 1. The van der Waals surface area contributed by atoms with E-state index >= 15 is 0 Å². The van der Waals surface area contributed by atoms with Crippen LogP contribution in [0, 0.1) is 0 Å². The first-order valence-electron chi connectivity index (χ1n) is 6.52. The van der Waals surface area contributed by atoms with Gasteiger partial charge in [0.25, 0.3) is 0 Å². The maximum Gasteiger partial charge on any atom is 0.338 e. The molecule has 22 heavy (non-hydrogen) atoms. The van der Waals surface area contributed by atoms with E-state index in [1.54, 1.807) is 37.3 Å². The van der Waals surface area contributed by atoms with Crippen LogP contribution in [0.4, 0.5) is 0 Å². The molecule has 0 aliphatic rings. The molecule has 0 saturated heterocycles. The number of aromatic hydroxyl groups is 1. The maximum absolute atomic E-state index is 11.5. The Morgan fingerprint density at radius 3 is 2.27 bits per heavy atom. The second-order valence-electron chi connectivity index (χ2n) is 4.33. The van der Waals surface area contributed by atoms with Gasteiger partial charge in [-0.2, -0.15) is 0 Å². The first-order chi connectivity index (χ1) is 10.5. The van der Waals surface area contributed by atoms with E-state index in [1.807, 2.05) is 0 Å². The van der Waals surface area contributed by atoms with Crippen molar-refractivity contribution in [3.8, 4) is 5.75 Å². The standard InChI is InChI=1S/C16H14O5S/c1-2-21-16(20)10-3-6-12(7-4-10)22-14-8-5-11(15(18)19)9-13(14)17/h3-9,17H,2H2,1H3,(H,18,19). The second-order valence-corrected chi connectivity index (χ2v) is 5.45. The number of phenols is 1. The number of hydrogen-bond donors (Lipinski definition) is 2. The molecule has 0 atom stereocenters. The van der Waals surface area contributed by atoms with Gasteiger partial charge in [0, 0.05) is 4.90 Å². The Kier molecular flexibility index (Phi) is 5.06. The number of benzene rings is 2. The van der Waals surface area contributed by atoms with Crippen molar-refractivity contribution in [1.82, 2.24) is 0 Å². The average Bonchev–Trinajstić information content (AvgIpc) is 2.50. The molecule has 0 bridgehead atoms. The zero-order chi connectivity index (χ0) is 16.1. The van der Waals surface area contributed by atoms with Crippen LogP contribution in [0.2, 0.25) is 0 Å². The maximum atomic E-state index is 11.5. The molecule has 0 amide bonds. The van der Waals surface area contributed by atoms with Crippen molar-refractivity contribution in [2.75, 3.05) is 6.61 Å². The Morgan fingerprint density at radius 1 is 1.09 bits per heavy atom. The minimum absolute atomic E-state index is 0.0273. The fraction of sp³-hybridized carbons (Fsp3) is 0.125. The summed E-state index contributed by atoms with van der Waals surface area (Å²) < 4.78 is 4.90. The van der Waals surface area contributed by atoms with E-state index in [0.717, 1.165) is 4.90 Å². The molecule has 0 spiro atoms. The molecule has 0 fully saturated rings. The summed E-state index contributed by atoms with van der Waals surface area (Å²) >= 11 is 1.27. The molecule has 0 radical (unpaired) electrons. The van der Waals surface area contributed by atoms with Gasteiger partial charge >= 0.3 is 11.9 Å². The smallest absolute Gasteiger partial charge is 0.338 e. The van der Waals surface area contributed by atoms with Gasteiger partial charge in [-0.05, 0) is 49.4 Å². The van der Waals surface area contributed by atoms with Crippen molar-refractivity contribution < 1.29 is 24.5 Å². The van der Waals surface area contributed by atoms with Crippen molar-refractivity contribution in [3.63, 3.8) is 0 Å². The summed E-state index contributed by atoms with van der Waals surface area (Å²) in [6.07, 6.45) is 0. The molecule has 0 aliphatic carbocycles. The summed E-state index contributed by atoms with van der Waals surface area (Å²) in [6.45, 7) is 2.06. The molecule has 6 heteroatoms. The molecule has 5 nitrogen and oxygen atoms in total. The van der Waals surface area contributed by atoms with Crippen LogP contribution in [0.15, 0.2) is 52.3 Å². The van der Waals surface area contributed by atoms with Crippen LogP contribution in [0.3, 0.4) is 0 Å². The quantitative estimate of drug-likeness (QED) is 0.822. The third-order valence-electron chi connectivity index (χ3n) is 2.80. The molecule has 0 saturated carbocycles. The van der Waals surface area contributed by atoms with E-state index < -0.39 is 5.97 Å². The highest BCUT2D eigenvalue weighted by molar-refractivity contribution is 7.99. The van der Waals surface area contributed by atoms with E-state index in [-0.39, 0.29) is 17.3 Å². The van der Waals surface area contributed by atoms with Crippen LogP contribution >= 0.6 is 11.8 Å². The highest BCUT2D eigenvalue weighted by atomic mass is 32.2. The first kappa shape index (κ1) is 15.9. The highest BCUT2D eigenvalue weighted by Crippen LogP contribution is 2.34. The Balaban J connectivity index is 2.14. The van der Waals surface area contributed by atoms with Crippen molar-refractivity contribution in [2.24, 2.45) is 0 Å². The minimum Gasteiger partial charge on any atom is -0.507 e. The number of rotatable bonds is 5. The molecule has 2 aromatic rings. The number of carboxylic acids is 1. The van der Waals surface area contributed by atoms with Crippen LogP contribution in [0.5, 0.6) is 5.75 Å². The van der Waals surface area contributed by atoms with Gasteiger partial charge in [-0.3, -0.25) is 0 Å². The Bertz CT molecular complexity index is 694. The molecular formula is C16H14O5S. The fourth-order valence-electron chi connectivity index (χ4n) is 1.74. The summed E-state index contributed by atoms with van der Waals surface area (Å²) in [6, 6.07) is 10.9. The molecule has 114 valence electrons. The van der Waals surface area contributed by atoms with E-state index in [2.05, 4.69) is 0 Å². The normalized spacial score (nSPS) is 10.2. The Morgan fingerprint density at radius 2 is 1.73 bits per heavy atom. The fourth-order valence-corrected chi connectivity index (χ4v) is 2.56. The van der Waals surface area contributed by atoms with Crippen LogP contribution in [-0.4, -0.2) is 28.8 Å². The molecular weight excluding hydrogens is 304 g/mol. The summed E-state index contributed by atoms with van der Waals surface area (Å²) in [4.78, 5) is 23.7. The predicted molar refractivity (Wildman–Crippen MR) is 81.6 cm³/mol. The number of carbonyl (C=O) groups is 2. The van der Waals surface area contributed by atoms with Gasteiger partial charge in [-0.15, -0.1) is 0 Å². The van der Waals surface area contributed by atoms with Gasteiger partial charge in [0.15, 0.2) is 0 Å². The van der Waals surface area contributed by atoms with Crippen molar-refractivity contribution >= 4 is 23.7 Å². The summed E-state index contributed by atoms with van der Waals surface area (Å²) in [7, 11) is 0. The number of carbonyl (C=O) groups excluding carboxylic acids is 1. The average molecular weight is 318 g/mol. The van der Waals surface area contributed by atoms with E-state index in [1.165, 1.54) is 23.9 Å². The van der Waals surface area contributed by atoms with Crippen LogP contribution in [0.25, 0.3) is 0 Å². The lowest BCUT2D eigenvalue weighted by atomic mass is 10.2. The Hall–Kier alpha value is -2.47. The molecule has 2 rings (SSSR count).